The molecule has 3 nitrogen and oxygen atoms in total. The number of anilines is 1. The van der Waals surface area contributed by atoms with E-state index < -0.39 is 0 Å². The van der Waals surface area contributed by atoms with Gasteiger partial charge in [0.25, 0.3) is 5.91 Å². The molecule has 106 valence electrons. The van der Waals surface area contributed by atoms with E-state index in [1.165, 1.54) is 5.56 Å². The van der Waals surface area contributed by atoms with E-state index in [2.05, 4.69) is 28.9 Å². The van der Waals surface area contributed by atoms with Crippen molar-refractivity contribution in [2.45, 2.75) is 27.3 Å². The Kier molecular flexibility index (Phi) is 4.33. The number of carbonyl (C=O) groups excluding carboxylic acids is 1. The SMILES string of the molecule is CCn1cc(Br)cc1C(=O)N(C)c1ccc(C)cc1C. The van der Waals surface area contributed by atoms with Gasteiger partial charge in [0.05, 0.1) is 0 Å². The molecule has 1 aromatic heterocycles. The first-order chi connectivity index (χ1) is 9.43. The van der Waals surface area contributed by atoms with Crippen LogP contribution < -0.4 is 4.90 Å². The fourth-order valence-electron chi connectivity index (χ4n) is 2.38. The highest BCUT2D eigenvalue weighted by molar-refractivity contribution is 9.10. The van der Waals surface area contributed by atoms with E-state index in [9.17, 15) is 4.79 Å². The average Bonchev–Trinajstić information content (AvgIpc) is 2.78. The van der Waals surface area contributed by atoms with Gasteiger partial charge in [0.1, 0.15) is 5.69 Å². The lowest BCUT2D eigenvalue weighted by Gasteiger charge is -2.20. The van der Waals surface area contributed by atoms with Crippen LogP contribution in [0.4, 0.5) is 5.69 Å². The topological polar surface area (TPSA) is 25.2 Å². The maximum absolute atomic E-state index is 12.7. The molecule has 0 aliphatic heterocycles. The Morgan fingerprint density at radius 3 is 2.60 bits per heavy atom. The maximum atomic E-state index is 12.7. The number of hydrogen-bond donors (Lipinski definition) is 0. The number of halogens is 1. The van der Waals surface area contributed by atoms with Crippen LogP contribution in [-0.4, -0.2) is 17.5 Å². The van der Waals surface area contributed by atoms with Gasteiger partial charge in [-0.05, 0) is 54.4 Å². The predicted molar refractivity (Wildman–Crippen MR) is 86.5 cm³/mol. The number of amides is 1. The molecule has 2 aromatic rings. The molecule has 1 aromatic carbocycles. The molecule has 0 saturated heterocycles. The molecule has 0 saturated carbocycles. The van der Waals surface area contributed by atoms with Crippen molar-refractivity contribution in [1.29, 1.82) is 0 Å². The minimum absolute atomic E-state index is 0.00417. The Bertz CT molecular complexity index is 646. The Labute approximate surface area is 128 Å². The molecule has 0 atom stereocenters. The summed E-state index contributed by atoms with van der Waals surface area (Å²) in [5, 5.41) is 0. The second-order valence-corrected chi connectivity index (χ2v) is 5.90. The Morgan fingerprint density at radius 1 is 1.30 bits per heavy atom. The van der Waals surface area contributed by atoms with Crippen LogP contribution in [-0.2, 0) is 6.54 Å². The van der Waals surface area contributed by atoms with E-state index in [1.807, 2.05) is 49.9 Å². The normalized spacial score (nSPS) is 10.7. The fraction of sp³-hybridized carbons (Fsp3) is 0.312. The number of nitrogens with zero attached hydrogens (tertiary/aromatic N) is 2. The highest BCUT2D eigenvalue weighted by Gasteiger charge is 2.19. The summed E-state index contributed by atoms with van der Waals surface area (Å²) in [6.07, 6.45) is 1.93. The summed E-state index contributed by atoms with van der Waals surface area (Å²) in [6.45, 7) is 6.88. The quantitative estimate of drug-likeness (QED) is 0.827. The molecular weight excluding hydrogens is 316 g/mol. The lowest BCUT2D eigenvalue weighted by atomic mass is 10.1. The van der Waals surface area contributed by atoms with Gasteiger partial charge < -0.3 is 9.47 Å². The predicted octanol–water partition coefficient (Wildman–Crippen LogP) is 4.16. The van der Waals surface area contributed by atoms with Crippen LogP contribution >= 0.6 is 15.9 Å². The number of rotatable bonds is 3. The van der Waals surface area contributed by atoms with Crippen LogP contribution in [0.5, 0.6) is 0 Å². The van der Waals surface area contributed by atoms with Crippen molar-refractivity contribution in [2.24, 2.45) is 0 Å². The molecule has 0 radical (unpaired) electrons. The van der Waals surface area contributed by atoms with E-state index in [0.29, 0.717) is 5.69 Å². The summed E-state index contributed by atoms with van der Waals surface area (Å²) in [6, 6.07) is 7.98. The lowest BCUT2D eigenvalue weighted by molar-refractivity contribution is 0.0984. The molecule has 0 N–H and O–H groups in total. The van der Waals surface area contributed by atoms with Gasteiger partial charge in [-0.3, -0.25) is 4.79 Å². The largest absolute Gasteiger partial charge is 0.343 e. The summed E-state index contributed by atoms with van der Waals surface area (Å²) in [7, 11) is 1.82. The first kappa shape index (κ1) is 14.9. The van der Waals surface area contributed by atoms with Gasteiger partial charge >= 0.3 is 0 Å². The number of carbonyl (C=O) groups is 1. The van der Waals surface area contributed by atoms with Crippen molar-refractivity contribution in [1.82, 2.24) is 4.57 Å². The van der Waals surface area contributed by atoms with Gasteiger partial charge in [-0.1, -0.05) is 17.7 Å². The molecular formula is C16H19BrN2O. The standard InChI is InChI=1S/C16H19BrN2O/c1-5-19-10-13(17)9-15(19)16(20)18(4)14-7-6-11(2)8-12(14)3/h6-10H,5H2,1-4H3. The summed E-state index contributed by atoms with van der Waals surface area (Å²) in [5.41, 5.74) is 3.95. The Balaban J connectivity index is 2.37. The van der Waals surface area contributed by atoms with Crippen molar-refractivity contribution in [2.75, 3.05) is 11.9 Å². The molecule has 0 fully saturated rings. The second-order valence-electron chi connectivity index (χ2n) is 4.98. The van der Waals surface area contributed by atoms with E-state index in [1.54, 1.807) is 4.90 Å². The van der Waals surface area contributed by atoms with Crippen molar-refractivity contribution in [3.8, 4) is 0 Å². The first-order valence-corrected chi connectivity index (χ1v) is 7.44. The first-order valence-electron chi connectivity index (χ1n) is 6.65. The Morgan fingerprint density at radius 2 is 2.00 bits per heavy atom. The van der Waals surface area contributed by atoms with Gasteiger partial charge in [-0.15, -0.1) is 0 Å². The third kappa shape index (κ3) is 2.80. The monoisotopic (exact) mass is 334 g/mol. The van der Waals surface area contributed by atoms with Gasteiger partial charge in [0.2, 0.25) is 0 Å². The summed E-state index contributed by atoms with van der Waals surface area (Å²) in [4.78, 5) is 14.4. The van der Waals surface area contributed by atoms with Crippen molar-refractivity contribution < 1.29 is 4.79 Å². The minimum atomic E-state index is 0.00417. The zero-order valence-corrected chi connectivity index (χ0v) is 13.9. The lowest BCUT2D eigenvalue weighted by Crippen LogP contribution is -2.28. The highest BCUT2D eigenvalue weighted by atomic mass is 79.9. The van der Waals surface area contributed by atoms with E-state index in [0.717, 1.165) is 22.3 Å². The van der Waals surface area contributed by atoms with Crippen LogP contribution in [0.1, 0.15) is 28.5 Å². The molecule has 0 unspecified atom stereocenters. The molecule has 1 amide bonds. The maximum Gasteiger partial charge on any atom is 0.274 e. The molecule has 1 heterocycles. The minimum Gasteiger partial charge on any atom is -0.343 e. The van der Waals surface area contributed by atoms with Crippen molar-refractivity contribution in [3.05, 3.63) is 51.8 Å². The van der Waals surface area contributed by atoms with E-state index >= 15 is 0 Å². The summed E-state index contributed by atoms with van der Waals surface area (Å²) in [5.74, 6) is 0.00417. The average molecular weight is 335 g/mol. The van der Waals surface area contributed by atoms with E-state index in [4.69, 9.17) is 0 Å². The van der Waals surface area contributed by atoms with Crippen LogP contribution in [0.2, 0.25) is 0 Å². The third-order valence-electron chi connectivity index (χ3n) is 3.44. The molecule has 0 bridgehead atoms. The summed E-state index contributed by atoms with van der Waals surface area (Å²) < 4.78 is 2.88. The zero-order valence-electron chi connectivity index (χ0n) is 12.3. The van der Waals surface area contributed by atoms with Crippen LogP contribution in [0, 0.1) is 13.8 Å². The fourth-order valence-corrected chi connectivity index (χ4v) is 2.84. The number of aromatic nitrogens is 1. The Hall–Kier alpha value is -1.55. The number of aryl methyl sites for hydroxylation is 3. The third-order valence-corrected chi connectivity index (χ3v) is 3.87. The molecule has 0 aliphatic rings. The van der Waals surface area contributed by atoms with Crippen LogP contribution in [0.25, 0.3) is 0 Å². The summed E-state index contributed by atoms with van der Waals surface area (Å²) >= 11 is 3.43. The van der Waals surface area contributed by atoms with Gasteiger partial charge in [0.15, 0.2) is 0 Å². The van der Waals surface area contributed by atoms with Crippen LogP contribution in [0.15, 0.2) is 34.9 Å². The molecule has 4 heteroatoms. The van der Waals surface area contributed by atoms with Gasteiger partial charge in [-0.25, -0.2) is 0 Å². The van der Waals surface area contributed by atoms with Crippen molar-refractivity contribution >= 4 is 27.5 Å². The highest BCUT2D eigenvalue weighted by Crippen LogP contribution is 2.23. The molecule has 0 aliphatic carbocycles. The van der Waals surface area contributed by atoms with Crippen molar-refractivity contribution in [3.63, 3.8) is 0 Å². The molecule has 2 rings (SSSR count). The van der Waals surface area contributed by atoms with Gasteiger partial charge in [0, 0.05) is 29.9 Å². The molecule has 0 spiro atoms. The zero-order chi connectivity index (χ0) is 14.9. The molecule has 20 heavy (non-hydrogen) atoms. The van der Waals surface area contributed by atoms with E-state index in [-0.39, 0.29) is 5.91 Å². The second kappa shape index (κ2) is 5.83. The number of hydrogen-bond acceptors (Lipinski definition) is 1. The van der Waals surface area contributed by atoms with Gasteiger partial charge in [-0.2, -0.15) is 0 Å². The number of benzene rings is 1. The van der Waals surface area contributed by atoms with Crippen LogP contribution in [0.3, 0.4) is 0 Å². The smallest absolute Gasteiger partial charge is 0.274 e.